The lowest BCUT2D eigenvalue weighted by atomic mass is 9.73. The number of esters is 1. The summed E-state index contributed by atoms with van der Waals surface area (Å²) in [4.78, 5) is 95.4. The van der Waals surface area contributed by atoms with Crippen molar-refractivity contribution in [2.45, 2.75) is 146 Å². The van der Waals surface area contributed by atoms with Gasteiger partial charge in [-0.3, -0.25) is 19.2 Å². The van der Waals surface area contributed by atoms with Crippen molar-refractivity contribution in [2.24, 2.45) is 46.4 Å². The van der Waals surface area contributed by atoms with Crippen LogP contribution in [-0.4, -0.2) is 129 Å². The van der Waals surface area contributed by atoms with Crippen LogP contribution in [0.4, 0.5) is 4.79 Å². The third-order valence-corrected chi connectivity index (χ3v) is 12.6. The van der Waals surface area contributed by atoms with Crippen molar-refractivity contribution in [2.75, 3.05) is 26.7 Å². The van der Waals surface area contributed by atoms with Crippen LogP contribution in [0.15, 0.2) is 42.9 Å². The van der Waals surface area contributed by atoms with Crippen molar-refractivity contribution < 1.29 is 43.1 Å². The second kappa shape index (κ2) is 23.5. The SMILES string of the molecule is CC(C)(C)OC(=O)C1[C@@H](C(=O)[C@H](Cc2c[nH]cn2)NC(=O)[C@@H](N)Cc2ccccc2)[C@@H](CN)CC[N+]1(C)C(=O)N(C(=O)CC(O)C(N)CC1CCCCC1)C(=O)[C@@H](N)CCCCN. The molecule has 350 valence electrons. The monoisotopic (exact) mass is 882 g/mol. The van der Waals surface area contributed by atoms with E-state index in [1.54, 1.807) is 27.0 Å². The maximum Gasteiger partial charge on any atom is 0.433 e. The number of rotatable bonds is 20. The summed E-state index contributed by atoms with van der Waals surface area (Å²) in [5.74, 6) is -6.15. The molecule has 4 rings (SSSR count). The van der Waals surface area contributed by atoms with E-state index in [9.17, 15) is 24.3 Å². The summed E-state index contributed by atoms with van der Waals surface area (Å²) in [7, 11) is 1.37. The number of quaternary nitrogens is 1. The number of H-pyrrole nitrogens is 1. The van der Waals surface area contributed by atoms with Crippen LogP contribution in [0.5, 0.6) is 0 Å². The Bertz CT molecular complexity index is 1820. The number of carbonyl (C=O) groups is 6. The molecular formula is C45H73N10O8+. The largest absolute Gasteiger partial charge is 0.456 e. The second-order valence-electron chi connectivity index (χ2n) is 18.7. The van der Waals surface area contributed by atoms with Gasteiger partial charge in [0.05, 0.1) is 62.2 Å². The number of hydrogen-bond donors (Lipinski definition) is 8. The summed E-state index contributed by atoms with van der Waals surface area (Å²) in [5, 5.41) is 14.1. The number of benzene rings is 1. The van der Waals surface area contributed by atoms with Gasteiger partial charge in [-0.15, -0.1) is 0 Å². The molecular weight excluding hydrogens is 809 g/mol. The standard InChI is InChI=1S/C45H72N10O8/c1-45(2,3)63-43(61)39-38(40(58)35(23-31-26-51-27-52-31)53-41(59)34(50)22-29-15-9-6-10-16-29)30(25-47)18-20-55(39,4)44(62)54(42(60)32(48)17-11-12-19-46)37(57)24-36(56)33(49)21-28-13-7-5-8-14-28/h6,9-10,15-16,26-28,30,32-36,38-39,56H,5,7-8,11-14,17-25,46-50H2,1-4H3,(H-,51,52,53,59)/p+1/t30-,32+,33?,34+,35+,36?,38+,39?,55?/m1/s1. The summed E-state index contributed by atoms with van der Waals surface area (Å²) >= 11 is 0. The number of ketones is 1. The number of nitrogens with one attached hydrogen (secondary N) is 2. The third kappa shape index (κ3) is 14.0. The number of carbonyl (C=O) groups excluding carboxylic acids is 6. The number of amides is 5. The molecule has 63 heavy (non-hydrogen) atoms. The number of likely N-dealkylation sites (N-methyl/N-ethyl adjacent to an activating group) is 1. The molecule has 1 saturated heterocycles. The van der Waals surface area contributed by atoms with E-state index in [4.69, 9.17) is 33.4 Å². The number of imide groups is 3. The van der Waals surface area contributed by atoms with Crippen molar-refractivity contribution in [1.82, 2.24) is 20.2 Å². The van der Waals surface area contributed by atoms with E-state index in [-0.39, 0.29) is 44.7 Å². The summed E-state index contributed by atoms with van der Waals surface area (Å²) in [6.45, 7) is 4.98. The van der Waals surface area contributed by atoms with Crippen LogP contribution in [-0.2, 0) is 41.6 Å². The van der Waals surface area contributed by atoms with E-state index in [0.717, 1.165) is 37.7 Å². The fraction of sp³-hybridized carbons (Fsp3) is 0.667. The van der Waals surface area contributed by atoms with Gasteiger partial charge in [0.25, 0.3) is 5.91 Å². The highest BCUT2D eigenvalue weighted by atomic mass is 16.6. The van der Waals surface area contributed by atoms with E-state index in [2.05, 4.69) is 15.3 Å². The predicted molar refractivity (Wildman–Crippen MR) is 237 cm³/mol. The molecule has 9 atom stereocenters. The predicted octanol–water partition coefficient (Wildman–Crippen LogP) is 1.31. The normalized spacial score (nSPS) is 23.1. The number of urea groups is 1. The number of Topliss-reactive ketones (excluding diaryl/α,β-unsaturated/α-hetero) is 1. The van der Waals surface area contributed by atoms with Crippen LogP contribution in [0, 0.1) is 17.8 Å². The molecule has 1 aromatic carbocycles. The minimum absolute atomic E-state index is 0.0907. The minimum atomic E-state index is -1.67. The first-order valence-corrected chi connectivity index (χ1v) is 22.5. The number of unbranched alkanes of at least 4 members (excludes halogenated alkanes) is 1. The summed E-state index contributed by atoms with van der Waals surface area (Å²) in [6.07, 6.45) is 7.69. The van der Waals surface area contributed by atoms with Crippen LogP contribution in [0.3, 0.4) is 0 Å². The highest BCUT2D eigenvalue weighted by Gasteiger charge is 2.61. The zero-order chi connectivity index (χ0) is 46.5. The highest BCUT2D eigenvalue weighted by molar-refractivity contribution is 6.10. The fourth-order valence-electron chi connectivity index (χ4n) is 9.02. The van der Waals surface area contributed by atoms with Gasteiger partial charge in [-0.2, -0.15) is 4.90 Å². The summed E-state index contributed by atoms with van der Waals surface area (Å²) in [5.41, 5.74) is 31.4. The molecule has 2 aromatic rings. The van der Waals surface area contributed by atoms with Crippen molar-refractivity contribution in [1.29, 1.82) is 0 Å². The van der Waals surface area contributed by atoms with Crippen LogP contribution in [0.25, 0.3) is 0 Å². The van der Waals surface area contributed by atoms with E-state index in [0.29, 0.717) is 36.4 Å². The fourth-order valence-corrected chi connectivity index (χ4v) is 9.02. The molecule has 18 nitrogen and oxygen atoms in total. The van der Waals surface area contributed by atoms with Gasteiger partial charge in [0.1, 0.15) is 5.60 Å². The molecule has 1 aliphatic carbocycles. The average molecular weight is 882 g/mol. The van der Waals surface area contributed by atoms with Crippen LogP contribution in [0.1, 0.15) is 103 Å². The number of nitrogens with two attached hydrogens (primary N) is 5. The topological polar surface area (TPSA) is 306 Å². The first-order chi connectivity index (χ1) is 29.8. The van der Waals surface area contributed by atoms with Gasteiger partial charge in [0.2, 0.25) is 17.9 Å². The molecule has 4 unspecified atom stereocenters. The third-order valence-electron chi connectivity index (χ3n) is 12.6. The van der Waals surface area contributed by atoms with Gasteiger partial charge in [-0.25, -0.2) is 19.1 Å². The Balaban J connectivity index is 1.77. The van der Waals surface area contributed by atoms with Crippen molar-refractivity contribution >= 4 is 35.5 Å². The first kappa shape index (κ1) is 51.2. The van der Waals surface area contributed by atoms with Gasteiger partial charge in [-0.1, -0.05) is 68.9 Å². The number of aromatic nitrogens is 2. The highest BCUT2D eigenvalue weighted by Crippen LogP contribution is 2.38. The molecule has 13 N–H and O–H groups in total. The molecule has 5 amide bonds. The number of nitrogens with zero attached hydrogens (tertiary/aromatic N) is 3. The lowest BCUT2D eigenvalue weighted by Crippen LogP contribution is -2.73. The number of aliphatic hydroxyl groups is 1. The van der Waals surface area contributed by atoms with Gasteiger partial charge < -0.3 is 48.8 Å². The number of aromatic amines is 1. The Kier molecular flexibility index (Phi) is 19.1. The Hall–Kier alpha value is -4.43. The molecule has 1 saturated carbocycles. The number of imidazole rings is 1. The number of aliphatic hydroxyl groups excluding tert-OH is 1. The Morgan fingerprint density at radius 2 is 1.65 bits per heavy atom. The van der Waals surface area contributed by atoms with Gasteiger partial charge in [0.15, 0.2) is 5.78 Å². The molecule has 0 radical (unpaired) electrons. The Morgan fingerprint density at radius 1 is 0.968 bits per heavy atom. The molecule has 2 fully saturated rings. The molecule has 2 heterocycles. The molecule has 1 aromatic heterocycles. The minimum Gasteiger partial charge on any atom is -0.456 e. The number of hydrogen-bond acceptors (Lipinski definition) is 14. The molecule has 18 heteroatoms. The summed E-state index contributed by atoms with van der Waals surface area (Å²) in [6, 6.07) is 1.82. The summed E-state index contributed by atoms with van der Waals surface area (Å²) < 4.78 is 4.98. The van der Waals surface area contributed by atoms with E-state index >= 15 is 9.59 Å². The van der Waals surface area contributed by atoms with Gasteiger partial charge in [0, 0.05) is 25.1 Å². The van der Waals surface area contributed by atoms with Crippen molar-refractivity contribution in [3.63, 3.8) is 0 Å². The molecule has 1 aliphatic heterocycles. The van der Waals surface area contributed by atoms with Crippen LogP contribution in [0.2, 0.25) is 0 Å². The maximum atomic E-state index is 15.3. The van der Waals surface area contributed by atoms with Crippen LogP contribution < -0.4 is 34.0 Å². The van der Waals surface area contributed by atoms with E-state index < -0.39 is 100 Å². The zero-order valence-corrected chi connectivity index (χ0v) is 37.6. The zero-order valence-electron chi connectivity index (χ0n) is 37.6. The van der Waals surface area contributed by atoms with Crippen molar-refractivity contribution in [3.8, 4) is 0 Å². The maximum absolute atomic E-state index is 15.3. The van der Waals surface area contributed by atoms with Gasteiger partial charge in [-0.05, 0) is 76.9 Å². The van der Waals surface area contributed by atoms with E-state index in [1.807, 2.05) is 30.3 Å². The number of ether oxygens (including phenoxy) is 1. The number of likely N-dealkylation sites (tertiary alicyclic amines) is 1. The average Bonchev–Trinajstić information content (AvgIpc) is 3.76. The lowest BCUT2D eigenvalue weighted by molar-refractivity contribution is -0.860. The molecule has 0 spiro atoms. The molecule has 2 aliphatic rings. The Labute approximate surface area is 371 Å². The smallest absolute Gasteiger partial charge is 0.433 e. The van der Waals surface area contributed by atoms with E-state index in [1.165, 1.54) is 13.4 Å². The second-order valence-corrected chi connectivity index (χ2v) is 18.7. The van der Waals surface area contributed by atoms with Crippen molar-refractivity contribution in [3.05, 3.63) is 54.1 Å². The molecule has 0 bridgehead atoms. The Morgan fingerprint density at radius 3 is 2.25 bits per heavy atom. The lowest BCUT2D eigenvalue weighted by Gasteiger charge is -2.48. The number of piperidine rings is 1. The first-order valence-electron chi connectivity index (χ1n) is 22.5. The van der Waals surface area contributed by atoms with Gasteiger partial charge >= 0.3 is 12.0 Å². The quantitative estimate of drug-likeness (QED) is 0.0529. The van der Waals surface area contributed by atoms with Crippen LogP contribution >= 0.6 is 0 Å².